The molecule has 2 rings (SSSR count). The smallest absolute Gasteiger partial charge is 0.315 e. The summed E-state index contributed by atoms with van der Waals surface area (Å²) < 4.78 is 4.90. The zero-order chi connectivity index (χ0) is 21.0. The largest absolute Gasteiger partial charge is 0.500 e. The molecule has 3 amide bonds. The van der Waals surface area contributed by atoms with E-state index in [2.05, 4.69) is 5.32 Å². The molecule has 1 aliphatic heterocycles. The van der Waals surface area contributed by atoms with Crippen molar-refractivity contribution in [1.82, 2.24) is 10.2 Å². The van der Waals surface area contributed by atoms with Gasteiger partial charge in [-0.25, -0.2) is 0 Å². The Morgan fingerprint density at radius 1 is 1.43 bits per heavy atom. The third-order valence-corrected chi connectivity index (χ3v) is 4.58. The van der Waals surface area contributed by atoms with Crippen LogP contribution in [0.3, 0.4) is 0 Å². The predicted molar refractivity (Wildman–Crippen MR) is 102 cm³/mol. The summed E-state index contributed by atoms with van der Waals surface area (Å²) in [5.41, 5.74) is -0.408. The second-order valence-electron chi connectivity index (χ2n) is 6.31. The number of nitrogens with zero attached hydrogens (tertiary/aromatic N) is 2. The fourth-order valence-corrected chi connectivity index (χ4v) is 3.14. The number of methoxy groups -OCH3 is 1. The molecule has 0 spiro atoms. The third-order valence-electron chi connectivity index (χ3n) is 3.67. The molecule has 1 heterocycles. The number of aromatic hydroxyl groups is 1. The monoisotopic (exact) mass is 409 g/mol. The Balaban J connectivity index is 2.25. The van der Waals surface area contributed by atoms with Gasteiger partial charge in [0.05, 0.1) is 16.9 Å². The summed E-state index contributed by atoms with van der Waals surface area (Å²) in [4.78, 5) is 47.5. The van der Waals surface area contributed by atoms with Crippen LogP contribution < -0.4 is 10.1 Å². The van der Waals surface area contributed by atoms with E-state index in [0.29, 0.717) is 18.3 Å². The average molecular weight is 409 g/mol. The molecule has 0 atom stereocenters. The minimum atomic E-state index is -0.792. The molecule has 1 aromatic rings. The highest BCUT2D eigenvalue weighted by Crippen LogP contribution is 2.39. The summed E-state index contributed by atoms with van der Waals surface area (Å²) in [6.45, 7) is 3.83. The number of nitro benzene ring substituents is 1. The Bertz CT molecular complexity index is 867. The topological polar surface area (TPSA) is 139 Å². The normalized spacial score (nSPS) is 15.4. The van der Waals surface area contributed by atoms with Gasteiger partial charge in [0.25, 0.3) is 11.1 Å². The lowest BCUT2D eigenvalue weighted by atomic mass is 10.1. The highest BCUT2D eigenvalue weighted by molar-refractivity contribution is 8.18. The van der Waals surface area contributed by atoms with Crippen LogP contribution in [0.15, 0.2) is 17.0 Å². The SMILES string of the molecule is COc1cc(/C=C2\SC(=O)N(CC(=O)NCC(C)C)C2=O)cc([N+](=O)[O-])c1O. The molecule has 1 aliphatic rings. The lowest BCUT2D eigenvalue weighted by Gasteiger charge is -2.13. The molecule has 150 valence electrons. The van der Waals surface area contributed by atoms with Crippen molar-refractivity contribution >= 4 is 40.6 Å². The Kier molecular flexibility index (Phi) is 6.62. The minimum Gasteiger partial charge on any atom is -0.500 e. The van der Waals surface area contributed by atoms with Crippen LogP contribution in [0, 0.1) is 16.0 Å². The molecule has 0 unspecified atom stereocenters. The standard InChI is InChI=1S/C17H19N3O7S/c1-9(2)7-18-14(21)8-19-16(23)13(28-17(19)24)6-10-4-11(20(25)26)15(22)12(5-10)27-3/h4-6,9,22H,7-8H2,1-3H3,(H,18,21)/b13-6-. The van der Waals surface area contributed by atoms with Crippen molar-refractivity contribution in [3.63, 3.8) is 0 Å². The van der Waals surface area contributed by atoms with Crippen LogP contribution in [0.2, 0.25) is 0 Å². The maximum Gasteiger partial charge on any atom is 0.315 e. The predicted octanol–water partition coefficient (Wildman–Crippen LogP) is 2.12. The molecule has 0 aromatic heterocycles. The van der Waals surface area contributed by atoms with Gasteiger partial charge >= 0.3 is 5.69 Å². The van der Waals surface area contributed by atoms with Gasteiger partial charge < -0.3 is 15.2 Å². The second-order valence-corrected chi connectivity index (χ2v) is 7.31. The number of hydrogen-bond acceptors (Lipinski definition) is 8. The van der Waals surface area contributed by atoms with E-state index < -0.39 is 40.0 Å². The van der Waals surface area contributed by atoms with Crippen molar-refractivity contribution in [2.45, 2.75) is 13.8 Å². The number of imide groups is 1. The van der Waals surface area contributed by atoms with E-state index in [1.165, 1.54) is 19.3 Å². The van der Waals surface area contributed by atoms with Crippen LogP contribution in [-0.4, -0.2) is 52.2 Å². The molecular weight excluding hydrogens is 390 g/mol. The summed E-state index contributed by atoms with van der Waals surface area (Å²) in [6.07, 6.45) is 1.27. The molecule has 0 bridgehead atoms. The van der Waals surface area contributed by atoms with Crippen LogP contribution in [0.5, 0.6) is 11.5 Å². The first-order valence-corrected chi connectivity index (χ1v) is 9.03. The van der Waals surface area contributed by atoms with E-state index in [1.54, 1.807) is 0 Å². The molecule has 1 saturated heterocycles. The minimum absolute atomic E-state index is 0.00343. The van der Waals surface area contributed by atoms with Crippen LogP contribution in [0.1, 0.15) is 19.4 Å². The van der Waals surface area contributed by atoms with Gasteiger partial charge in [0.2, 0.25) is 11.7 Å². The maximum absolute atomic E-state index is 12.5. The van der Waals surface area contributed by atoms with E-state index in [1.807, 2.05) is 13.8 Å². The van der Waals surface area contributed by atoms with Gasteiger partial charge in [0.1, 0.15) is 6.54 Å². The molecular formula is C17H19N3O7S. The summed E-state index contributed by atoms with van der Waals surface area (Å²) in [6, 6.07) is 2.35. The lowest BCUT2D eigenvalue weighted by molar-refractivity contribution is -0.386. The number of hydrogen-bond donors (Lipinski definition) is 2. The fourth-order valence-electron chi connectivity index (χ4n) is 2.30. The Morgan fingerprint density at radius 2 is 2.11 bits per heavy atom. The molecule has 28 heavy (non-hydrogen) atoms. The second kappa shape index (κ2) is 8.74. The first-order chi connectivity index (χ1) is 13.1. The molecule has 1 aromatic carbocycles. The number of amides is 3. The fraction of sp³-hybridized carbons (Fsp3) is 0.353. The first kappa shape index (κ1) is 21.2. The average Bonchev–Trinajstić information content (AvgIpc) is 2.88. The number of benzene rings is 1. The molecule has 11 heteroatoms. The number of nitro groups is 1. The van der Waals surface area contributed by atoms with Gasteiger partial charge in [-0.2, -0.15) is 0 Å². The zero-order valence-corrected chi connectivity index (χ0v) is 16.2. The number of rotatable bonds is 7. The molecule has 0 aliphatic carbocycles. The Labute approximate surface area is 164 Å². The quantitative estimate of drug-likeness (QED) is 0.397. The number of phenols is 1. The number of carbonyl (C=O) groups excluding carboxylic acids is 3. The van der Waals surface area contributed by atoms with Gasteiger partial charge in [-0.1, -0.05) is 13.8 Å². The third kappa shape index (κ3) is 4.80. The highest BCUT2D eigenvalue weighted by Gasteiger charge is 2.36. The summed E-state index contributed by atoms with van der Waals surface area (Å²) >= 11 is 0.620. The lowest BCUT2D eigenvalue weighted by Crippen LogP contribution is -2.40. The van der Waals surface area contributed by atoms with E-state index in [9.17, 15) is 29.6 Å². The van der Waals surface area contributed by atoms with Crippen LogP contribution >= 0.6 is 11.8 Å². The molecule has 2 N–H and O–H groups in total. The van der Waals surface area contributed by atoms with E-state index in [4.69, 9.17) is 4.74 Å². The van der Waals surface area contributed by atoms with E-state index >= 15 is 0 Å². The maximum atomic E-state index is 12.5. The number of phenolic OH excluding ortho intramolecular Hbond substituents is 1. The molecule has 10 nitrogen and oxygen atoms in total. The van der Waals surface area contributed by atoms with Gasteiger partial charge in [0, 0.05) is 12.6 Å². The summed E-state index contributed by atoms with van der Waals surface area (Å²) in [7, 11) is 1.23. The van der Waals surface area contributed by atoms with Crippen LogP contribution in [0.4, 0.5) is 10.5 Å². The Hall–Kier alpha value is -3.08. The molecule has 0 radical (unpaired) electrons. The van der Waals surface area contributed by atoms with Crippen LogP contribution in [-0.2, 0) is 9.59 Å². The van der Waals surface area contributed by atoms with Crippen molar-refractivity contribution in [3.8, 4) is 11.5 Å². The van der Waals surface area contributed by atoms with Gasteiger partial charge in [-0.15, -0.1) is 0 Å². The molecule has 0 saturated carbocycles. The summed E-state index contributed by atoms with van der Waals surface area (Å²) in [5, 5.41) is 22.9. The van der Waals surface area contributed by atoms with E-state index in [0.717, 1.165) is 11.0 Å². The van der Waals surface area contributed by atoms with Crippen molar-refractivity contribution in [3.05, 3.63) is 32.7 Å². The first-order valence-electron chi connectivity index (χ1n) is 8.21. The van der Waals surface area contributed by atoms with Gasteiger partial charge in [0.15, 0.2) is 5.75 Å². The number of thioether (sulfide) groups is 1. The van der Waals surface area contributed by atoms with Gasteiger partial charge in [-0.05, 0) is 35.4 Å². The van der Waals surface area contributed by atoms with Gasteiger partial charge in [-0.3, -0.25) is 29.4 Å². The summed E-state index contributed by atoms with van der Waals surface area (Å²) in [5.74, 6) is -1.70. The van der Waals surface area contributed by atoms with Crippen molar-refractivity contribution in [2.24, 2.45) is 5.92 Å². The van der Waals surface area contributed by atoms with Crippen molar-refractivity contribution < 1.29 is 29.2 Å². The van der Waals surface area contributed by atoms with Crippen molar-refractivity contribution in [2.75, 3.05) is 20.2 Å². The zero-order valence-electron chi connectivity index (χ0n) is 15.4. The van der Waals surface area contributed by atoms with E-state index in [-0.39, 0.29) is 22.1 Å². The Morgan fingerprint density at radius 3 is 2.68 bits per heavy atom. The number of ether oxygens (including phenoxy) is 1. The van der Waals surface area contributed by atoms with Crippen LogP contribution in [0.25, 0.3) is 6.08 Å². The van der Waals surface area contributed by atoms with Crippen molar-refractivity contribution in [1.29, 1.82) is 0 Å². The number of carbonyl (C=O) groups is 3. The highest BCUT2D eigenvalue weighted by atomic mass is 32.2. The molecule has 1 fully saturated rings. The number of nitrogens with one attached hydrogen (secondary N) is 1.